The zero-order valence-electron chi connectivity index (χ0n) is 22.9. The van der Waals surface area contributed by atoms with Crippen LogP contribution < -0.4 is 20.0 Å². The van der Waals surface area contributed by atoms with E-state index in [4.69, 9.17) is 0 Å². The lowest BCUT2D eigenvalue weighted by Crippen LogP contribution is -3.29. The van der Waals surface area contributed by atoms with Gasteiger partial charge in [0.2, 0.25) is 0 Å². The molecule has 0 radical (unpaired) electrons. The second-order valence-electron chi connectivity index (χ2n) is 11.2. The number of anilines is 1. The van der Waals surface area contributed by atoms with Gasteiger partial charge in [0.15, 0.2) is 0 Å². The molecule has 202 valence electrons. The lowest BCUT2D eigenvalue weighted by molar-refractivity contribution is -1.02. The first-order chi connectivity index (χ1) is 18.5. The zero-order valence-corrected chi connectivity index (χ0v) is 23.7. The second-order valence-corrected chi connectivity index (χ2v) is 12.3. The molecule has 7 heteroatoms. The highest BCUT2D eigenvalue weighted by Gasteiger charge is 2.30. The summed E-state index contributed by atoms with van der Waals surface area (Å²) >= 11 is 1.47. The molecule has 38 heavy (non-hydrogen) atoms. The summed E-state index contributed by atoms with van der Waals surface area (Å²) < 4.78 is 0. The second kappa shape index (κ2) is 12.5. The highest BCUT2D eigenvalue weighted by molar-refractivity contribution is 8.04. The average molecular weight is 535 g/mol. The van der Waals surface area contributed by atoms with Crippen LogP contribution in [-0.2, 0) is 4.79 Å². The van der Waals surface area contributed by atoms with E-state index in [9.17, 15) is 9.59 Å². The summed E-state index contributed by atoms with van der Waals surface area (Å²) in [5.74, 6) is -0.115. The number of thioether (sulfide) groups is 1. The number of hydrogen-bond donors (Lipinski definition) is 3. The third kappa shape index (κ3) is 6.50. The highest BCUT2D eigenvalue weighted by atomic mass is 32.2. The normalized spacial score (nSPS) is 23.4. The molecule has 0 unspecified atom stereocenters. The molecule has 6 nitrogen and oxygen atoms in total. The number of likely N-dealkylation sites (N-methyl/N-ethyl adjacent to an activating group) is 1. The van der Waals surface area contributed by atoms with Crippen LogP contribution in [0.15, 0.2) is 52.3 Å². The zero-order chi connectivity index (χ0) is 26.5. The Morgan fingerprint density at radius 3 is 2.63 bits per heavy atom. The Morgan fingerprint density at radius 2 is 1.87 bits per heavy atom. The van der Waals surface area contributed by atoms with Gasteiger partial charge in [-0.3, -0.25) is 9.59 Å². The van der Waals surface area contributed by atoms with Crippen molar-refractivity contribution in [3.8, 4) is 0 Å². The average Bonchev–Trinajstić information content (AvgIpc) is 2.94. The van der Waals surface area contributed by atoms with E-state index >= 15 is 0 Å². The van der Waals surface area contributed by atoms with Crippen LogP contribution in [0, 0.1) is 6.92 Å². The number of amides is 2. The number of carbonyl (C=O) groups excluding carboxylic acids is 2. The molecule has 1 saturated heterocycles. The Morgan fingerprint density at radius 1 is 1.08 bits per heavy atom. The molecule has 3 aliphatic rings. The smallest absolute Gasteiger partial charge is 0.264 e. The van der Waals surface area contributed by atoms with Crippen LogP contribution in [0.2, 0.25) is 0 Å². The summed E-state index contributed by atoms with van der Waals surface area (Å²) in [7, 11) is 1.78. The maximum atomic E-state index is 13.1. The molecule has 2 amide bonds. The molecule has 0 atom stereocenters. The number of aryl methyl sites for hydroxylation is 1. The van der Waals surface area contributed by atoms with E-state index in [1.165, 1.54) is 70.0 Å². The maximum absolute atomic E-state index is 13.1. The van der Waals surface area contributed by atoms with Gasteiger partial charge in [-0.15, -0.1) is 0 Å². The van der Waals surface area contributed by atoms with Crippen LogP contribution in [0.3, 0.4) is 0 Å². The van der Waals surface area contributed by atoms with Gasteiger partial charge < -0.3 is 20.0 Å². The first-order valence-corrected chi connectivity index (χ1v) is 15.1. The number of nitrogens with zero attached hydrogens (tertiary/aromatic N) is 1. The molecule has 1 saturated carbocycles. The van der Waals surface area contributed by atoms with Gasteiger partial charge in [0.1, 0.15) is 26.2 Å². The Kier molecular flexibility index (Phi) is 8.87. The third-order valence-corrected chi connectivity index (χ3v) is 9.51. The Hall–Kier alpha value is -2.61. The molecule has 3 N–H and O–H groups in total. The van der Waals surface area contributed by atoms with Crippen molar-refractivity contribution in [1.29, 1.82) is 0 Å². The molecule has 1 aliphatic carbocycles. The van der Waals surface area contributed by atoms with E-state index in [-0.39, 0.29) is 11.8 Å². The molecular formula is C31H42N4O2S+2. The Bertz CT molecular complexity index is 1180. The maximum Gasteiger partial charge on any atom is 0.264 e. The largest absolute Gasteiger partial charge is 0.352 e. The van der Waals surface area contributed by atoms with Crippen LogP contribution in [-0.4, -0.2) is 64.2 Å². The van der Waals surface area contributed by atoms with Crippen LogP contribution in [0.25, 0.3) is 6.08 Å². The van der Waals surface area contributed by atoms with Gasteiger partial charge in [-0.1, -0.05) is 48.0 Å². The minimum atomic E-state index is -0.0682. The first kappa shape index (κ1) is 27.0. The molecule has 2 fully saturated rings. The standard InChI is InChI=1S/C31H40N4O2S/c1-23-8-6-9-24(20-23)21-29-31(37)33(2)27-22-25(12-13-28(27)38-29)30(36)32-14-7-15-34-16-18-35(19-17-34)26-10-4-3-5-11-26/h6,8-9,12-13,20-22,26H,3-5,7,10-11,14-19H2,1-2H3,(H,32,36)/p+2. The minimum Gasteiger partial charge on any atom is -0.352 e. The molecule has 0 spiro atoms. The van der Waals surface area contributed by atoms with Gasteiger partial charge in [-0.25, -0.2) is 0 Å². The summed E-state index contributed by atoms with van der Waals surface area (Å²) in [6.07, 6.45) is 10.1. The van der Waals surface area contributed by atoms with Crippen molar-refractivity contribution in [2.75, 3.05) is 51.2 Å². The first-order valence-electron chi connectivity index (χ1n) is 14.3. The fourth-order valence-electron chi connectivity index (χ4n) is 6.18. The molecule has 0 bridgehead atoms. The van der Waals surface area contributed by atoms with Crippen LogP contribution in [0.4, 0.5) is 5.69 Å². The fraction of sp³-hybridized carbons (Fsp3) is 0.484. The molecule has 2 aromatic rings. The summed E-state index contributed by atoms with van der Waals surface area (Å²) in [6, 6.07) is 14.7. The quantitative estimate of drug-likeness (QED) is 0.378. The molecule has 5 rings (SSSR count). The van der Waals surface area contributed by atoms with Gasteiger partial charge in [-0.2, -0.15) is 0 Å². The number of carbonyl (C=O) groups is 2. The van der Waals surface area contributed by atoms with Crippen LogP contribution in [0.5, 0.6) is 0 Å². The number of benzene rings is 2. The van der Waals surface area contributed by atoms with E-state index in [0.717, 1.165) is 40.7 Å². The summed E-state index contributed by atoms with van der Waals surface area (Å²) in [5, 5.41) is 3.10. The summed E-state index contributed by atoms with van der Waals surface area (Å²) in [5.41, 5.74) is 3.57. The van der Waals surface area contributed by atoms with Crippen LogP contribution >= 0.6 is 11.8 Å². The monoisotopic (exact) mass is 534 g/mol. The lowest BCUT2D eigenvalue weighted by Gasteiger charge is -2.36. The predicted octanol–water partition coefficient (Wildman–Crippen LogP) is 2.34. The molecule has 2 aliphatic heterocycles. The fourth-order valence-corrected chi connectivity index (χ4v) is 7.28. The van der Waals surface area contributed by atoms with Crippen molar-refractivity contribution >= 4 is 35.3 Å². The van der Waals surface area contributed by atoms with E-state index < -0.39 is 0 Å². The van der Waals surface area contributed by atoms with Crippen molar-refractivity contribution in [3.63, 3.8) is 0 Å². The highest BCUT2D eigenvalue weighted by Crippen LogP contribution is 2.42. The number of rotatable bonds is 7. The molecule has 2 aromatic carbocycles. The van der Waals surface area contributed by atoms with Gasteiger partial charge in [0.25, 0.3) is 11.8 Å². The van der Waals surface area contributed by atoms with Crippen molar-refractivity contribution in [3.05, 3.63) is 64.1 Å². The molecule has 0 aromatic heterocycles. The predicted molar refractivity (Wildman–Crippen MR) is 155 cm³/mol. The van der Waals surface area contributed by atoms with E-state index in [2.05, 4.69) is 11.4 Å². The van der Waals surface area contributed by atoms with Crippen LogP contribution in [0.1, 0.15) is 60.0 Å². The van der Waals surface area contributed by atoms with Crippen molar-refractivity contribution in [2.24, 2.45) is 0 Å². The Labute approximate surface area is 231 Å². The number of hydrogen-bond acceptors (Lipinski definition) is 3. The lowest BCUT2D eigenvalue weighted by atomic mass is 9.94. The number of fused-ring (bicyclic) bond motifs is 1. The van der Waals surface area contributed by atoms with E-state index in [1.807, 2.05) is 54.3 Å². The van der Waals surface area contributed by atoms with E-state index in [1.54, 1.807) is 16.8 Å². The van der Waals surface area contributed by atoms with Crippen molar-refractivity contribution in [2.45, 2.75) is 56.4 Å². The minimum absolute atomic E-state index is 0.0463. The summed E-state index contributed by atoms with van der Waals surface area (Å²) in [6.45, 7) is 8.96. The van der Waals surface area contributed by atoms with Gasteiger partial charge in [0, 0.05) is 30.5 Å². The van der Waals surface area contributed by atoms with E-state index in [0.29, 0.717) is 17.0 Å². The number of quaternary nitrogens is 2. The Balaban J connectivity index is 1.10. The summed E-state index contributed by atoms with van der Waals surface area (Å²) in [4.78, 5) is 32.8. The van der Waals surface area contributed by atoms with Crippen molar-refractivity contribution < 1.29 is 19.4 Å². The van der Waals surface area contributed by atoms with Crippen molar-refractivity contribution in [1.82, 2.24) is 5.32 Å². The van der Waals surface area contributed by atoms with Gasteiger partial charge >= 0.3 is 0 Å². The van der Waals surface area contributed by atoms with Gasteiger partial charge in [0.05, 0.1) is 23.2 Å². The SMILES string of the molecule is Cc1cccc(C=C2Sc3ccc(C(=O)NCCC[NH+]4CC[NH+](C5CCCCC5)CC4)cc3N(C)C2=O)c1. The molecule has 2 heterocycles. The third-order valence-electron chi connectivity index (χ3n) is 8.43. The van der Waals surface area contributed by atoms with Gasteiger partial charge in [-0.05, 0) is 62.4 Å². The number of piperazine rings is 1. The molecular weight excluding hydrogens is 492 g/mol. The topological polar surface area (TPSA) is 58.3 Å². The number of nitrogens with one attached hydrogen (secondary N) is 3.